The fourth-order valence-electron chi connectivity index (χ4n) is 4.02. The molecule has 0 radical (unpaired) electrons. The molecule has 2 fully saturated rings. The van der Waals surface area contributed by atoms with Crippen molar-refractivity contribution in [1.82, 2.24) is 14.3 Å². The van der Waals surface area contributed by atoms with Gasteiger partial charge in [-0.2, -0.15) is 4.31 Å². The highest BCUT2D eigenvalue weighted by Gasteiger charge is 2.33. The van der Waals surface area contributed by atoms with Crippen LogP contribution < -0.4 is 9.80 Å². The van der Waals surface area contributed by atoms with Crippen LogP contribution in [0.5, 0.6) is 0 Å². The first-order valence-corrected chi connectivity index (χ1v) is 12.7. The predicted molar refractivity (Wildman–Crippen MR) is 119 cm³/mol. The number of hydrogen-bond donors (Lipinski definition) is 0. The minimum absolute atomic E-state index is 0.0167. The number of ether oxygens (including phenoxy) is 1. The van der Waals surface area contributed by atoms with Gasteiger partial charge in [-0.05, 0) is 37.6 Å². The minimum atomic E-state index is -3.77. The normalized spacial score (nSPS) is 18.3. The molecule has 11 heteroatoms. The summed E-state index contributed by atoms with van der Waals surface area (Å²) in [5.74, 6) is 1.86. The fourth-order valence-corrected chi connectivity index (χ4v) is 6.75. The van der Waals surface area contributed by atoms with E-state index >= 15 is 0 Å². The van der Waals surface area contributed by atoms with E-state index in [0.717, 1.165) is 36.1 Å². The number of sulfonamides is 1. The SMILES string of the molecule is COC(=O)c1sccc1S(=O)(=O)N1CCN(c2cc(N3CCCCC3)nc(C)n2)CC1. The lowest BCUT2D eigenvalue weighted by Crippen LogP contribution is -2.49. The summed E-state index contributed by atoms with van der Waals surface area (Å²) in [5, 5.41) is 1.60. The van der Waals surface area contributed by atoms with Gasteiger partial charge in [-0.25, -0.2) is 23.2 Å². The molecule has 0 saturated carbocycles. The Hall–Kier alpha value is -2.24. The van der Waals surface area contributed by atoms with Gasteiger partial charge in [0.2, 0.25) is 10.0 Å². The van der Waals surface area contributed by atoms with Crippen LogP contribution in [0.4, 0.5) is 11.6 Å². The summed E-state index contributed by atoms with van der Waals surface area (Å²) in [7, 11) is -2.52. The molecule has 2 aliphatic rings. The molecular formula is C20H27N5O4S2. The molecule has 0 atom stereocenters. The predicted octanol–water partition coefficient (Wildman–Crippen LogP) is 2.13. The molecule has 2 aliphatic heterocycles. The number of piperazine rings is 1. The van der Waals surface area contributed by atoms with Crippen LogP contribution >= 0.6 is 11.3 Å². The van der Waals surface area contributed by atoms with Crippen LogP contribution in [0.1, 0.15) is 34.8 Å². The van der Waals surface area contributed by atoms with E-state index < -0.39 is 16.0 Å². The van der Waals surface area contributed by atoms with E-state index in [4.69, 9.17) is 4.74 Å². The van der Waals surface area contributed by atoms with Crippen molar-refractivity contribution in [2.75, 3.05) is 56.2 Å². The van der Waals surface area contributed by atoms with Crippen LogP contribution in [-0.2, 0) is 14.8 Å². The van der Waals surface area contributed by atoms with Crippen molar-refractivity contribution >= 4 is 39.0 Å². The second kappa shape index (κ2) is 9.09. The zero-order valence-electron chi connectivity index (χ0n) is 17.8. The van der Waals surface area contributed by atoms with E-state index in [9.17, 15) is 13.2 Å². The largest absolute Gasteiger partial charge is 0.465 e. The number of hydrogen-bond acceptors (Lipinski definition) is 9. The van der Waals surface area contributed by atoms with E-state index in [2.05, 4.69) is 19.8 Å². The number of rotatable bonds is 5. The molecule has 0 aliphatic carbocycles. The van der Waals surface area contributed by atoms with E-state index in [1.807, 2.05) is 13.0 Å². The number of carbonyl (C=O) groups is 1. The summed E-state index contributed by atoms with van der Waals surface area (Å²) in [4.78, 5) is 25.7. The van der Waals surface area contributed by atoms with Gasteiger partial charge in [-0.1, -0.05) is 0 Å². The van der Waals surface area contributed by atoms with E-state index in [0.29, 0.717) is 32.0 Å². The van der Waals surface area contributed by atoms with Crippen LogP contribution in [0.3, 0.4) is 0 Å². The second-order valence-corrected chi connectivity index (χ2v) is 10.5. The summed E-state index contributed by atoms with van der Waals surface area (Å²) in [6.07, 6.45) is 3.60. The highest BCUT2D eigenvalue weighted by atomic mass is 32.2. The van der Waals surface area contributed by atoms with Gasteiger partial charge in [0.1, 0.15) is 27.2 Å². The highest BCUT2D eigenvalue weighted by molar-refractivity contribution is 7.89. The number of methoxy groups -OCH3 is 1. The third kappa shape index (κ3) is 4.53. The Labute approximate surface area is 186 Å². The number of aryl methyl sites for hydroxylation is 1. The summed E-state index contributed by atoms with van der Waals surface area (Å²) in [6.45, 7) is 5.58. The number of esters is 1. The van der Waals surface area contributed by atoms with Crippen LogP contribution in [0.15, 0.2) is 22.4 Å². The lowest BCUT2D eigenvalue weighted by Gasteiger charge is -2.35. The van der Waals surface area contributed by atoms with Gasteiger partial charge < -0.3 is 14.5 Å². The minimum Gasteiger partial charge on any atom is -0.465 e. The molecule has 0 N–H and O–H groups in total. The first-order valence-electron chi connectivity index (χ1n) is 10.4. The molecule has 4 rings (SSSR count). The zero-order chi connectivity index (χ0) is 22.0. The monoisotopic (exact) mass is 465 g/mol. The van der Waals surface area contributed by atoms with E-state index in [1.165, 1.54) is 36.7 Å². The van der Waals surface area contributed by atoms with Crippen LogP contribution in [0, 0.1) is 6.92 Å². The molecule has 0 unspecified atom stereocenters. The molecule has 2 aromatic heterocycles. The lowest BCUT2D eigenvalue weighted by molar-refractivity contribution is 0.0602. The average Bonchev–Trinajstić information content (AvgIpc) is 3.30. The number of nitrogens with zero attached hydrogens (tertiary/aromatic N) is 5. The standard InChI is InChI=1S/C20H27N5O4S2/c1-15-21-17(23-7-4-3-5-8-23)14-18(22-15)24-9-11-25(12-10-24)31(27,28)16-6-13-30-19(16)20(26)29-2/h6,13-14H,3-5,7-12H2,1-2H3. The quantitative estimate of drug-likeness (QED) is 0.620. The molecule has 168 valence electrons. The Kier molecular flexibility index (Phi) is 6.44. The van der Waals surface area contributed by atoms with Crippen LogP contribution in [0.25, 0.3) is 0 Å². The number of thiophene rings is 1. The zero-order valence-corrected chi connectivity index (χ0v) is 19.4. The fraction of sp³-hybridized carbons (Fsp3) is 0.550. The van der Waals surface area contributed by atoms with Crippen molar-refractivity contribution in [3.8, 4) is 0 Å². The van der Waals surface area contributed by atoms with E-state index in [1.54, 1.807) is 5.38 Å². The lowest BCUT2D eigenvalue weighted by atomic mass is 10.1. The van der Waals surface area contributed by atoms with Gasteiger partial charge in [-0.15, -0.1) is 11.3 Å². The summed E-state index contributed by atoms with van der Waals surface area (Å²) >= 11 is 1.07. The second-order valence-electron chi connectivity index (χ2n) is 7.68. The Bertz CT molecular complexity index is 1040. The first kappa shape index (κ1) is 22.0. The van der Waals surface area contributed by atoms with Crippen molar-refractivity contribution < 1.29 is 17.9 Å². The Morgan fingerprint density at radius 1 is 1.00 bits per heavy atom. The first-order chi connectivity index (χ1) is 14.9. The summed E-state index contributed by atoms with van der Waals surface area (Å²) in [5.41, 5.74) is 0. The Morgan fingerprint density at radius 3 is 2.23 bits per heavy atom. The number of anilines is 2. The molecule has 0 spiro atoms. The van der Waals surface area contributed by atoms with Crippen molar-refractivity contribution in [3.63, 3.8) is 0 Å². The van der Waals surface area contributed by atoms with Gasteiger partial charge >= 0.3 is 5.97 Å². The maximum absolute atomic E-state index is 13.1. The molecule has 0 bridgehead atoms. The van der Waals surface area contributed by atoms with Gasteiger partial charge in [0, 0.05) is 45.3 Å². The van der Waals surface area contributed by atoms with E-state index in [-0.39, 0.29) is 9.77 Å². The van der Waals surface area contributed by atoms with Crippen molar-refractivity contribution in [2.24, 2.45) is 0 Å². The molecular weight excluding hydrogens is 438 g/mol. The molecule has 2 saturated heterocycles. The van der Waals surface area contributed by atoms with Gasteiger partial charge in [0.25, 0.3) is 0 Å². The van der Waals surface area contributed by atoms with Gasteiger partial charge in [0.05, 0.1) is 7.11 Å². The van der Waals surface area contributed by atoms with Gasteiger partial charge in [0.15, 0.2) is 0 Å². The summed E-state index contributed by atoms with van der Waals surface area (Å²) < 4.78 is 32.4. The third-order valence-corrected chi connectivity index (χ3v) is 8.64. The van der Waals surface area contributed by atoms with Gasteiger partial charge in [-0.3, -0.25) is 0 Å². The number of aromatic nitrogens is 2. The Morgan fingerprint density at radius 2 is 1.61 bits per heavy atom. The van der Waals surface area contributed by atoms with Crippen molar-refractivity contribution in [2.45, 2.75) is 31.1 Å². The Balaban J connectivity index is 1.48. The molecule has 9 nitrogen and oxygen atoms in total. The highest BCUT2D eigenvalue weighted by Crippen LogP contribution is 2.28. The third-order valence-electron chi connectivity index (χ3n) is 5.67. The molecule has 0 aromatic carbocycles. The topological polar surface area (TPSA) is 95.9 Å². The number of carbonyl (C=O) groups excluding carboxylic acids is 1. The smallest absolute Gasteiger partial charge is 0.349 e. The number of piperidine rings is 1. The summed E-state index contributed by atoms with van der Waals surface area (Å²) in [6, 6.07) is 3.48. The van der Waals surface area contributed by atoms with Crippen molar-refractivity contribution in [3.05, 3.63) is 28.2 Å². The molecule has 0 amide bonds. The van der Waals surface area contributed by atoms with Crippen LogP contribution in [-0.4, -0.2) is 75.0 Å². The molecule has 4 heterocycles. The maximum atomic E-state index is 13.1. The van der Waals surface area contributed by atoms with Crippen LogP contribution in [0.2, 0.25) is 0 Å². The average molecular weight is 466 g/mol. The maximum Gasteiger partial charge on any atom is 0.349 e. The molecule has 31 heavy (non-hydrogen) atoms. The molecule has 2 aromatic rings. The van der Waals surface area contributed by atoms with Crippen molar-refractivity contribution in [1.29, 1.82) is 0 Å².